The zero-order chi connectivity index (χ0) is 13.4. The summed E-state index contributed by atoms with van der Waals surface area (Å²) in [6.45, 7) is 9.68. The van der Waals surface area contributed by atoms with Crippen molar-refractivity contribution in [1.29, 1.82) is 0 Å². The first-order chi connectivity index (χ1) is 8.61. The Morgan fingerprint density at radius 2 is 2.28 bits per heavy atom. The lowest BCUT2D eigenvalue weighted by Gasteiger charge is -2.08. The number of aryl methyl sites for hydroxylation is 1. The number of aromatic nitrogens is 2. The van der Waals surface area contributed by atoms with E-state index < -0.39 is 0 Å². The fraction of sp³-hybridized carbons (Fsp3) is 0.538. The van der Waals surface area contributed by atoms with Gasteiger partial charge in [-0.05, 0) is 13.3 Å². The van der Waals surface area contributed by atoms with E-state index in [2.05, 4.69) is 28.8 Å². The van der Waals surface area contributed by atoms with Crippen LogP contribution in [0.2, 0.25) is 5.15 Å². The van der Waals surface area contributed by atoms with Crippen LogP contribution in [-0.2, 0) is 11.2 Å². The number of rotatable bonds is 8. The van der Waals surface area contributed by atoms with E-state index in [0.717, 1.165) is 30.1 Å². The molecule has 0 bridgehead atoms. The number of halogens is 1. The molecule has 0 fully saturated rings. The van der Waals surface area contributed by atoms with Crippen LogP contribution < -0.4 is 5.32 Å². The van der Waals surface area contributed by atoms with Crippen LogP contribution in [0.3, 0.4) is 0 Å². The van der Waals surface area contributed by atoms with Crippen LogP contribution in [0.25, 0.3) is 0 Å². The number of anilines is 1. The summed E-state index contributed by atoms with van der Waals surface area (Å²) in [6, 6.07) is 1.72. The quantitative estimate of drug-likeness (QED) is 0.448. The molecular weight excluding hydrogens is 250 g/mol. The van der Waals surface area contributed by atoms with Gasteiger partial charge in [0.15, 0.2) is 0 Å². The van der Waals surface area contributed by atoms with Crippen LogP contribution >= 0.6 is 11.6 Å². The van der Waals surface area contributed by atoms with E-state index >= 15 is 0 Å². The molecular formula is C13H20ClN3O. The molecule has 0 atom stereocenters. The summed E-state index contributed by atoms with van der Waals surface area (Å²) in [5.74, 6) is 1.52. The van der Waals surface area contributed by atoms with Crippen LogP contribution in [0.1, 0.15) is 26.1 Å². The number of nitrogens with zero attached hydrogens (tertiary/aromatic N) is 2. The normalized spacial score (nSPS) is 10.4. The Morgan fingerprint density at radius 3 is 2.94 bits per heavy atom. The first-order valence-electron chi connectivity index (χ1n) is 6.11. The van der Waals surface area contributed by atoms with Gasteiger partial charge in [-0.25, -0.2) is 9.97 Å². The van der Waals surface area contributed by atoms with Crippen molar-refractivity contribution in [3.63, 3.8) is 0 Å². The lowest BCUT2D eigenvalue weighted by Crippen LogP contribution is -2.12. The molecule has 1 aromatic heterocycles. The van der Waals surface area contributed by atoms with Gasteiger partial charge >= 0.3 is 0 Å². The van der Waals surface area contributed by atoms with Gasteiger partial charge in [-0.1, -0.05) is 30.7 Å². The fourth-order valence-electron chi connectivity index (χ4n) is 1.39. The average Bonchev–Trinajstić information content (AvgIpc) is 2.28. The molecule has 0 aliphatic heterocycles. The molecule has 0 saturated carbocycles. The maximum atomic E-state index is 5.93. The molecule has 0 spiro atoms. The highest BCUT2D eigenvalue weighted by atomic mass is 35.5. The Labute approximate surface area is 113 Å². The predicted molar refractivity (Wildman–Crippen MR) is 75.2 cm³/mol. The van der Waals surface area contributed by atoms with Crippen molar-refractivity contribution in [3.8, 4) is 0 Å². The van der Waals surface area contributed by atoms with Gasteiger partial charge in [-0.15, -0.1) is 0 Å². The molecule has 1 aromatic rings. The second kappa shape index (κ2) is 8.06. The van der Waals surface area contributed by atoms with Gasteiger partial charge in [-0.3, -0.25) is 0 Å². The van der Waals surface area contributed by atoms with Crippen molar-refractivity contribution in [2.24, 2.45) is 0 Å². The second-order valence-corrected chi connectivity index (χ2v) is 4.57. The highest BCUT2D eigenvalue weighted by Gasteiger charge is 2.02. The third-order valence-electron chi connectivity index (χ3n) is 2.12. The summed E-state index contributed by atoms with van der Waals surface area (Å²) in [5, 5.41) is 3.64. The van der Waals surface area contributed by atoms with E-state index in [1.54, 1.807) is 6.07 Å². The standard InChI is InChI=1S/C13H20ClN3O/c1-4-5-12-16-11(14)8-13(17-12)15-6-7-18-9-10(2)3/h8H,2,4-7,9H2,1,3H3,(H,15,16,17). The van der Waals surface area contributed by atoms with Crippen molar-refractivity contribution in [2.45, 2.75) is 26.7 Å². The third-order valence-corrected chi connectivity index (χ3v) is 2.31. The second-order valence-electron chi connectivity index (χ2n) is 4.18. The monoisotopic (exact) mass is 269 g/mol. The number of hydrogen-bond acceptors (Lipinski definition) is 4. The van der Waals surface area contributed by atoms with E-state index in [1.165, 1.54) is 0 Å². The Kier molecular flexibility index (Phi) is 6.68. The van der Waals surface area contributed by atoms with Gasteiger partial charge < -0.3 is 10.1 Å². The number of nitrogens with one attached hydrogen (secondary N) is 1. The highest BCUT2D eigenvalue weighted by molar-refractivity contribution is 6.29. The minimum atomic E-state index is 0.471. The van der Waals surface area contributed by atoms with Gasteiger partial charge in [0, 0.05) is 19.0 Å². The summed E-state index contributed by atoms with van der Waals surface area (Å²) >= 11 is 5.93. The Bertz CT molecular complexity index is 396. The van der Waals surface area contributed by atoms with E-state index in [0.29, 0.717) is 24.9 Å². The number of hydrogen-bond donors (Lipinski definition) is 1. The van der Waals surface area contributed by atoms with Crippen molar-refractivity contribution in [3.05, 3.63) is 29.2 Å². The fourth-order valence-corrected chi connectivity index (χ4v) is 1.59. The molecule has 0 radical (unpaired) electrons. The molecule has 0 aromatic carbocycles. The van der Waals surface area contributed by atoms with Crippen LogP contribution in [0.15, 0.2) is 18.2 Å². The first kappa shape index (κ1) is 14.9. The molecule has 1 rings (SSSR count). The summed E-state index contributed by atoms with van der Waals surface area (Å²) in [4.78, 5) is 8.54. The molecule has 0 unspecified atom stereocenters. The molecule has 0 amide bonds. The zero-order valence-corrected chi connectivity index (χ0v) is 11.8. The Hall–Kier alpha value is -1.13. The van der Waals surface area contributed by atoms with Crippen LogP contribution in [0.4, 0.5) is 5.82 Å². The van der Waals surface area contributed by atoms with Crippen molar-refractivity contribution in [1.82, 2.24) is 9.97 Å². The van der Waals surface area contributed by atoms with Gasteiger partial charge in [-0.2, -0.15) is 0 Å². The zero-order valence-electron chi connectivity index (χ0n) is 11.0. The molecule has 0 aliphatic carbocycles. The topological polar surface area (TPSA) is 47.0 Å². The van der Waals surface area contributed by atoms with Gasteiger partial charge in [0.2, 0.25) is 0 Å². The molecule has 100 valence electrons. The molecule has 0 aliphatic rings. The lowest BCUT2D eigenvalue weighted by molar-refractivity contribution is 0.167. The predicted octanol–water partition coefficient (Wildman–Crippen LogP) is 3.09. The molecule has 4 nitrogen and oxygen atoms in total. The van der Waals surface area contributed by atoms with Crippen LogP contribution in [-0.4, -0.2) is 29.7 Å². The SMILES string of the molecule is C=C(C)COCCNc1cc(Cl)nc(CCC)n1. The van der Waals surface area contributed by atoms with Gasteiger partial charge in [0.05, 0.1) is 13.2 Å². The largest absolute Gasteiger partial charge is 0.375 e. The molecule has 1 N–H and O–H groups in total. The summed E-state index contributed by atoms with van der Waals surface area (Å²) < 4.78 is 5.39. The maximum Gasteiger partial charge on any atom is 0.134 e. The summed E-state index contributed by atoms with van der Waals surface area (Å²) in [5.41, 5.74) is 1.02. The summed E-state index contributed by atoms with van der Waals surface area (Å²) in [6.07, 6.45) is 1.84. The van der Waals surface area contributed by atoms with E-state index in [-0.39, 0.29) is 0 Å². The van der Waals surface area contributed by atoms with Crippen molar-refractivity contribution < 1.29 is 4.74 Å². The van der Waals surface area contributed by atoms with E-state index in [9.17, 15) is 0 Å². The minimum absolute atomic E-state index is 0.471. The Balaban J connectivity index is 2.39. The average molecular weight is 270 g/mol. The van der Waals surface area contributed by atoms with Gasteiger partial charge in [0.25, 0.3) is 0 Å². The maximum absolute atomic E-state index is 5.93. The van der Waals surface area contributed by atoms with E-state index in [4.69, 9.17) is 16.3 Å². The smallest absolute Gasteiger partial charge is 0.134 e. The van der Waals surface area contributed by atoms with Crippen molar-refractivity contribution in [2.75, 3.05) is 25.1 Å². The van der Waals surface area contributed by atoms with Crippen LogP contribution in [0, 0.1) is 0 Å². The Morgan fingerprint density at radius 1 is 1.50 bits per heavy atom. The highest BCUT2D eigenvalue weighted by Crippen LogP contribution is 2.12. The molecule has 0 saturated heterocycles. The minimum Gasteiger partial charge on any atom is -0.375 e. The van der Waals surface area contributed by atoms with Gasteiger partial charge in [0.1, 0.15) is 16.8 Å². The third kappa shape index (κ3) is 5.98. The number of ether oxygens (including phenoxy) is 1. The van der Waals surface area contributed by atoms with Crippen molar-refractivity contribution >= 4 is 17.4 Å². The first-order valence-corrected chi connectivity index (χ1v) is 6.49. The van der Waals surface area contributed by atoms with E-state index in [1.807, 2.05) is 6.92 Å². The molecule has 18 heavy (non-hydrogen) atoms. The van der Waals surface area contributed by atoms with Crippen LogP contribution in [0.5, 0.6) is 0 Å². The lowest BCUT2D eigenvalue weighted by atomic mass is 10.3. The molecule has 5 heteroatoms. The molecule has 1 heterocycles. The summed E-state index contributed by atoms with van der Waals surface area (Å²) in [7, 11) is 0.